The average Bonchev–Trinajstić information content (AvgIpc) is 3.34. The topological polar surface area (TPSA) is 186 Å². The zero-order valence-electron chi connectivity index (χ0n) is 25.8. The van der Waals surface area contributed by atoms with Gasteiger partial charge >= 0.3 is 30.1 Å². The summed E-state index contributed by atoms with van der Waals surface area (Å²) in [5, 5.41) is 31.3. The number of carboxylic acid groups (broad SMARTS) is 1. The number of nitrogens with zero attached hydrogens (tertiary/aromatic N) is 1. The number of piperidine rings is 1. The molecule has 3 N–H and O–H groups in total. The Balaban J connectivity index is 0.00000100. The molecular formula is C31H40F3NO12. The lowest BCUT2D eigenvalue weighted by atomic mass is 9.54. The smallest absolute Gasteiger partial charge is 0.446 e. The van der Waals surface area contributed by atoms with E-state index < -0.39 is 72.1 Å². The van der Waals surface area contributed by atoms with Gasteiger partial charge in [-0.1, -0.05) is 19.6 Å². The van der Waals surface area contributed by atoms with Crippen LogP contribution in [0, 0.1) is 6.92 Å². The molecule has 0 amide bonds. The second-order valence-electron chi connectivity index (χ2n) is 11.4. The molecule has 1 aliphatic carbocycles. The van der Waals surface area contributed by atoms with E-state index in [0.29, 0.717) is 24.3 Å². The number of rotatable bonds is 8. The standard InChI is InChI=1S/C28H35NO11.C2HF3O.CH4/c1-14-6-7-18(13-30)23-22(14)27-10-11-29(5)16(3)28(27,36)9-8-19(24(27)40-23)39-21(32)12-20(38-17(4)31)26(35)37-15(2)25(33)34;3-2(4,5)1-6;/h6-8,15-16,20,24,30,36H,9-13H2,1-5H3,(H,33,34);1H;1H4/t15-,16+,20-,24-,27-,28+;;/m0../s1. The highest BCUT2D eigenvalue weighted by molar-refractivity contribution is 5.86. The molecule has 0 aromatic heterocycles. The lowest BCUT2D eigenvalue weighted by Gasteiger charge is -2.58. The molecule has 2 aliphatic heterocycles. The summed E-state index contributed by atoms with van der Waals surface area (Å²) in [6.45, 7) is 6.32. The van der Waals surface area contributed by atoms with Gasteiger partial charge in [-0.2, -0.15) is 13.2 Å². The summed E-state index contributed by atoms with van der Waals surface area (Å²) in [7, 11) is 1.93. The van der Waals surface area contributed by atoms with Crippen molar-refractivity contribution in [1.82, 2.24) is 4.90 Å². The number of aryl methyl sites for hydroxylation is 1. The van der Waals surface area contributed by atoms with Gasteiger partial charge in [0.1, 0.15) is 11.5 Å². The van der Waals surface area contributed by atoms with E-state index in [-0.39, 0.29) is 32.3 Å². The second kappa shape index (κ2) is 14.8. The number of halogens is 3. The Morgan fingerprint density at radius 3 is 2.36 bits per heavy atom. The molecule has 6 atom stereocenters. The fourth-order valence-corrected chi connectivity index (χ4v) is 6.20. The van der Waals surface area contributed by atoms with Crippen LogP contribution >= 0.6 is 0 Å². The zero-order valence-corrected chi connectivity index (χ0v) is 25.8. The van der Waals surface area contributed by atoms with Crippen molar-refractivity contribution in [3.8, 4) is 5.75 Å². The van der Waals surface area contributed by atoms with E-state index in [0.717, 1.165) is 25.0 Å². The number of benzene rings is 1. The zero-order chi connectivity index (χ0) is 34.8. The predicted octanol–water partition coefficient (Wildman–Crippen LogP) is 2.49. The number of carbonyl (C=O) groups is 5. The third-order valence-electron chi connectivity index (χ3n) is 8.53. The minimum Gasteiger partial charge on any atom is -0.481 e. The minimum absolute atomic E-state index is 0. The van der Waals surface area contributed by atoms with E-state index in [1.807, 2.05) is 27.0 Å². The van der Waals surface area contributed by atoms with Gasteiger partial charge in [0.25, 0.3) is 0 Å². The third kappa shape index (κ3) is 7.76. The van der Waals surface area contributed by atoms with Gasteiger partial charge in [0.2, 0.25) is 12.4 Å². The number of likely N-dealkylation sites (tertiary alicyclic amines) is 1. The summed E-state index contributed by atoms with van der Waals surface area (Å²) in [5.74, 6) is -3.87. The van der Waals surface area contributed by atoms with E-state index in [2.05, 4.69) is 4.90 Å². The number of fused-ring (bicyclic) bond motifs is 1. The van der Waals surface area contributed by atoms with Crippen LogP contribution in [0.15, 0.2) is 24.0 Å². The Bertz CT molecular complexity index is 1410. The maximum Gasteiger partial charge on any atom is 0.446 e. The van der Waals surface area contributed by atoms with Gasteiger partial charge in [-0.05, 0) is 52.4 Å². The largest absolute Gasteiger partial charge is 0.481 e. The molecule has 1 saturated heterocycles. The summed E-state index contributed by atoms with van der Waals surface area (Å²) in [5.41, 5.74) is -0.144. The van der Waals surface area contributed by atoms with Crippen molar-refractivity contribution >= 4 is 30.2 Å². The molecule has 4 rings (SSSR count). The van der Waals surface area contributed by atoms with Crippen molar-refractivity contribution in [3.05, 3.63) is 40.7 Å². The van der Waals surface area contributed by atoms with Gasteiger partial charge in [0.05, 0.1) is 24.0 Å². The van der Waals surface area contributed by atoms with Crippen LogP contribution in [0.5, 0.6) is 5.75 Å². The lowest BCUT2D eigenvalue weighted by molar-refractivity contribution is -0.178. The van der Waals surface area contributed by atoms with Gasteiger partial charge in [-0.25, -0.2) is 9.59 Å². The number of hydrogen-bond donors (Lipinski definition) is 3. The van der Waals surface area contributed by atoms with Crippen molar-refractivity contribution in [1.29, 1.82) is 0 Å². The van der Waals surface area contributed by atoms with Gasteiger partial charge in [-0.3, -0.25) is 14.4 Å². The number of aliphatic hydroxyl groups is 2. The molecule has 0 saturated carbocycles. The highest BCUT2D eigenvalue weighted by atomic mass is 19.4. The van der Waals surface area contributed by atoms with Crippen molar-refractivity contribution < 1.29 is 71.4 Å². The molecule has 262 valence electrons. The molecule has 1 aromatic carbocycles. The highest BCUT2D eigenvalue weighted by Gasteiger charge is 2.69. The molecule has 0 radical (unpaired) electrons. The average molecular weight is 676 g/mol. The van der Waals surface area contributed by atoms with E-state index in [1.54, 1.807) is 12.1 Å². The lowest BCUT2D eigenvalue weighted by Crippen LogP contribution is -2.71. The first-order chi connectivity index (χ1) is 21.3. The van der Waals surface area contributed by atoms with Crippen molar-refractivity contribution in [2.24, 2.45) is 0 Å². The summed E-state index contributed by atoms with van der Waals surface area (Å²) in [6.07, 6.45) is -8.42. The minimum atomic E-state index is -4.64. The van der Waals surface area contributed by atoms with Gasteiger partial charge in [-0.15, -0.1) is 0 Å². The first kappa shape index (κ1) is 39.2. The van der Waals surface area contributed by atoms with Crippen LogP contribution in [0.1, 0.15) is 64.2 Å². The van der Waals surface area contributed by atoms with Crippen LogP contribution in [-0.4, -0.2) is 100 Å². The number of hydrogen-bond acceptors (Lipinski definition) is 12. The molecule has 1 spiro atoms. The monoisotopic (exact) mass is 675 g/mol. The van der Waals surface area contributed by atoms with Crippen molar-refractivity contribution in [3.63, 3.8) is 0 Å². The molecule has 0 unspecified atom stereocenters. The van der Waals surface area contributed by atoms with Crippen LogP contribution in [0.2, 0.25) is 0 Å². The molecule has 16 heteroatoms. The number of carboxylic acids is 1. The van der Waals surface area contributed by atoms with Crippen LogP contribution in [0.4, 0.5) is 13.2 Å². The molecule has 1 aromatic rings. The molecule has 3 aliphatic rings. The SMILES string of the molecule is C.CC(=O)O[C@@H](CC(=O)OC1=CC[C@@]2(O)[C@@H](C)N(C)CC[C@@]23c2c(C)ccc(CO)c2O[C@@H]13)C(=O)O[C@@H](C)C(=O)O.O=CC(F)(F)F. The maximum absolute atomic E-state index is 13.1. The quantitative estimate of drug-likeness (QED) is 0.208. The normalized spacial score (nSPS) is 25.7. The number of ether oxygens (including phenoxy) is 4. The van der Waals surface area contributed by atoms with E-state index >= 15 is 0 Å². The van der Waals surface area contributed by atoms with E-state index in [1.165, 1.54) is 0 Å². The summed E-state index contributed by atoms with van der Waals surface area (Å²) < 4.78 is 53.1. The first-order valence-electron chi connectivity index (χ1n) is 14.2. The van der Waals surface area contributed by atoms with Gasteiger partial charge < -0.3 is 39.2 Å². The number of alkyl halides is 3. The number of carbonyl (C=O) groups excluding carboxylic acids is 4. The fraction of sp³-hybridized carbons (Fsp3) is 0.581. The Morgan fingerprint density at radius 2 is 1.83 bits per heavy atom. The summed E-state index contributed by atoms with van der Waals surface area (Å²) in [6, 6.07) is 3.33. The highest BCUT2D eigenvalue weighted by Crippen LogP contribution is 2.61. The van der Waals surface area contributed by atoms with Gasteiger partial charge in [0.15, 0.2) is 12.2 Å². The Hall–Kier alpha value is -4.02. The predicted molar refractivity (Wildman–Crippen MR) is 156 cm³/mol. The maximum atomic E-state index is 13.1. The Labute approximate surface area is 269 Å². The Morgan fingerprint density at radius 1 is 1.21 bits per heavy atom. The summed E-state index contributed by atoms with van der Waals surface area (Å²) in [4.78, 5) is 59.0. The molecule has 13 nitrogen and oxygen atoms in total. The second-order valence-corrected chi connectivity index (χ2v) is 11.4. The molecule has 0 bridgehead atoms. The van der Waals surface area contributed by atoms with E-state index in [9.17, 15) is 42.6 Å². The number of likely N-dealkylation sites (N-methyl/N-ethyl adjacent to an activating group) is 1. The first-order valence-corrected chi connectivity index (χ1v) is 14.2. The Kier molecular flexibility index (Phi) is 12.3. The molecular weight excluding hydrogens is 635 g/mol. The van der Waals surface area contributed by atoms with Crippen LogP contribution in [0.25, 0.3) is 0 Å². The van der Waals surface area contributed by atoms with Crippen molar-refractivity contribution in [2.45, 2.75) is 103 Å². The molecule has 1 fully saturated rings. The number of aliphatic carboxylic acids is 1. The van der Waals surface area contributed by atoms with Crippen LogP contribution in [0.3, 0.4) is 0 Å². The van der Waals surface area contributed by atoms with Crippen LogP contribution < -0.4 is 4.74 Å². The van der Waals surface area contributed by atoms with Crippen molar-refractivity contribution in [2.75, 3.05) is 13.6 Å². The number of aldehydes is 1. The summed E-state index contributed by atoms with van der Waals surface area (Å²) >= 11 is 0. The molecule has 2 heterocycles. The van der Waals surface area contributed by atoms with Gasteiger partial charge in [0, 0.05) is 30.5 Å². The number of aliphatic hydroxyl groups excluding tert-OH is 1. The van der Waals surface area contributed by atoms with E-state index in [4.69, 9.17) is 28.8 Å². The van der Waals surface area contributed by atoms with Crippen LogP contribution in [-0.2, 0) is 50.2 Å². The third-order valence-corrected chi connectivity index (χ3v) is 8.53. The number of esters is 3. The molecule has 47 heavy (non-hydrogen) atoms. The fourth-order valence-electron chi connectivity index (χ4n) is 6.20.